The molecule has 0 aliphatic rings. The number of fused-ring (bicyclic) bond motifs is 2. The minimum absolute atomic E-state index is 0.149. The molecule has 130 valence electrons. The van der Waals surface area contributed by atoms with Gasteiger partial charge in [-0.25, -0.2) is 4.98 Å². The van der Waals surface area contributed by atoms with Gasteiger partial charge in [0.25, 0.3) is 0 Å². The van der Waals surface area contributed by atoms with Gasteiger partial charge in [-0.3, -0.25) is 9.48 Å². The smallest absolute Gasteiger partial charge is 0.162 e. The van der Waals surface area contributed by atoms with E-state index in [1.165, 1.54) is 0 Å². The molecule has 0 atom stereocenters. The fraction of sp³-hybridized carbons (Fsp3) is 0.190. The van der Waals surface area contributed by atoms with Gasteiger partial charge < -0.3 is 5.32 Å². The van der Waals surface area contributed by atoms with Gasteiger partial charge >= 0.3 is 0 Å². The first-order valence-corrected chi connectivity index (χ1v) is 8.71. The summed E-state index contributed by atoms with van der Waals surface area (Å²) in [5.41, 5.74) is 5.36. The number of para-hydroxylation sites is 1. The first kappa shape index (κ1) is 16.3. The first-order valence-electron chi connectivity index (χ1n) is 8.71. The predicted molar refractivity (Wildman–Crippen MR) is 105 cm³/mol. The Morgan fingerprint density at radius 3 is 2.58 bits per heavy atom. The molecule has 4 rings (SSSR count). The lowest BCUT2D eigenvalue weighted by atomic mass is 10.1. The van der Waals surface area contributed by atoms with Gasteiger partial charge in [0.1, 0.15) is 0 Å². The summed E-state index contributed by atoms with van der Waals surface area (Å²) in [5, 5.41) is 10.1. The summed E-state index contributed by atoms with van der Waals surface area (Å²) in [6.07, 6.45) is 0.511. The number of aryl methyl sites for hydroxylation is 2. The number of nitrogens with zero attached hydrogens (tertiary/aromatic N) is 3. The minimum Gasteiger partial charge on any atom is -0.354 e. The van der Waals surface area contributed by atoms with Gasteiger partial charge in [0, 0.05) is 30.1 Å². The van der Waals surface area contributed by atoms with Crippen molar-refractivity contribution in [2.45, 2.75) is 20.3 Å². The Morgan fingerprint density at radius 1 is 1.12 bits per heavy atom. The molecule has 26 heavy (non-hydrogen) atoms. The highest BCUT2D eigenvalue weighted by Crippen LogP contribution is 2.34. The lowest BCUT2D eigenvalue weighted by molar-refractivity contribution is 0.0988. The van der Waals surface area contributed by atoms with Crippen molar-refractivity contribution in [1.82, 2.24) is 14.8 Å². The van der Waals surface area contributed by atoms with Crippen molar-refractivity contribution >= 4 is 39.1 Å². The second-order valence-electron chi connectivity index (χ2n) is 6.39. The van der Waals surface area contributed by atoms with Gasteiger partial charge in [0.15, 0.2) is 11.4 Å². The quantitative estimate of drug-likeness (QED) is 0.542. The predicted octanol–water partition coefficient (Wildman–Crippen LogP) is 4.77. The van der Waals surface area contributed by atoms with Crippen LogP contribution in [0.3, 0.4) is 0 Å². The molecule has 5 heteroatoms. The van der Waals surface area contributed by atoms with Gasteiger partial charge in [0.2, 0.25) is 0 Å². The zero-order valence-electron chi connectivity index (χ0n) is 15.1. The second kappa shape index (κ2) is 6.26. The molecule has 0 spiro atoms. The fourth-order valence-electron chi connectivity index (χ4n) is 3.32. The van der Waals surface area contributed by atoms with Crippen LogP contribution in [0.1, 0.15) is 29.4 Å². The largest absolute Gasteiger partial charge is 0.354 e. The van der Waals surface area contributed by atoms with E-state index in [4.69, 9.17) is 4.98 Å². The molecule has 2 aromatic carbocycles. The van der Waals surface area contributed by atoms with E-state index < -0.39 is 0 Å². The monoisotopic (exact) mass is 344 g/mol. The van der Waals surface area contributed by atoms with E-state index in [0.717, 1.165) is 44.6 Å². The first-order chi connectivity index (χ1) is 12.6. The summed E-state index contributed by atoms with van der Waals surface area (Å²) >= 11 is 0. The zero-order valence-corrected chi connectivity index (χ0v) is 15.1. The molecule has 0 unspecified atom stereocenters. The maximum atomic E-state index is 11.8. The van der Waals surface area contributed by atoms with Crippen molar-refractivity contribution in [3.05, 3.63) is 59.8 Å². The molecule has 2 aromatic heterocycles. The highest BCUT2D eigenvalue weighted by Gasteiger charge is 2.15. The topological polar surface area (TPSA) is 59.8 Å². The van der Waals surface area contributed by atoms with Gasteiger partial charge in [0.05, 0.1) is 22.3 Å². The van der Waals surface area contributed by atoms with Gasteiger partial charge in [-0.2, -0.15) is 5.10 Å². The lowest BCUT2D eigenvalue weighted by Gasteiger charge is -2.12. The van der Waals surface area contributed by atoms with Gasteiger partial charge in [-0.05, 0) is 37.3 Å². The summed E-state index contributed by atoms with van der Waals surface area (Å²) in [4.78, 5) is 16.6. The molecule has 1 N–H and O–H groups in total. The van der Waals surface area contributed by atoms with Crippen molar-refractivity contribution in [3.63, 3.8) is 0 Å². The van der Waals surface area contributed by atoms with Crippen molar-refractivity contribution in [2.75, 3.05) is 5.32 Å². The van der Waals surface area contributed by atoms with Gasteiger partial charge in [-0.15, -0.1) is 0 Å². The third kappa shape index (κ3) is 2.62. The third-order valence-electron chi connectivity index (χ3n) is 4.64. The molecule has 5 nitrogen and oxygen atoms in total. The number of benzene rings is 2. The number of nitrogens with one attached hydrogen (secondary N) is 1. The molecule has 0 saturated carbocycles. The van der Waals surface area contributed by atoms with Crippen LogP contribution < -0.4 is 5.32 Å². The summed E-state index contributed by atoms with van der Waals surface area (Å²) in [6.45, 7) is 3.87. The lowest BCUT2D eigenvalue weighted by Crippen LogP contribution is -1.99. The molecule has 0 amide bonds. The van der Waals surface area contributed by atoms with E-state index >= 15 is 0 Å². The van der Waals surface area contributed by atoms with Crippen LogP contribution in [0.4, 0.5) is 11.4 Å². The van der Waals surface area contributed by atoms with Crippen LogP contribution in [-0.4, -0.2) is 20.5 Å². The second-order valence-corrected chi connectivity index (χ2v) is 6.39. The molecule has 0 saturated heterocycles. The number of aromatic nitrogens is 3. The summed E-state index contributed by atoms with van der Waals surface area (Å²) in [7, 11) is 1.91. The molecule has 0 bridgehead atoms. The van der Waals surface area contributed by atoms with E-state index in [-0.39, 0.29) is 5.78 Å². The SMILES string of the molecule is CCC(=O)c1ccc(Nc2c3ccccc3nc3c2c(C)nn3C)cc1. The molecule has 0 fully saturated rings. The maximum absolute atomic E-state index is 11.8. The third-order valence-corrected chi connectivity index (χ3v) is 4.64. The Hall–Kier alpha value is -3.21. The van der Waals surface area contributed by atoms with Gasteiger partial charge in [-0.1, -0.05) is 25.1 Å². The summed E-state index contributed by atoms with van der Waals surface area (Å²) < 4.78 is 1.81. The van der Waals surface area contributed by atoms with Crippen LogP contribution >= 0.6 is 0 Å². The maximum Gasteiger partial charge on any atom is 0.162 e. The molecule has 0 aliphatic carbocycles. The molecule has 0 radical (unpaired) electrons. The molecule has 4 aromatic rings. The van der Waals surface area contributed by atoms with Crippen LogP contribution in [0.5, 0.6) is 0 Å². The number of carbonyl (C=O) groups excluding carboxylic acids is 1. The molecule has 2 heterocycles. The Kier molecular flexibility index (Phi) is 3.92. The fourth-order valence-corrected chi connectivity index (χ4v) is 3.32. The van der Waals surface area contributed by atoms with Crippen LogP contribution in [0.15, 0.2) is 48.5 Å². The van der Waals surface area contributed by atoms with E-state index in [1.807, 2.05) is 68.0 Å². The Morgan fingerprint density at radius 2 is 1.85 bits per heavy atom. The summed E-state index contributed by atoms with van der Waals surface area (Å²) in [6, 6.07) is 15.7. The van der Waals surface area contributed by atoms with E-state index in [2.05, 4.69) is 16.5 Å². The van der Waals surface area contributed by atoms with Crippen LogP contribution in [0.2, 0.25) is 0 Å². The average molecular weight is 344 g/mol. The minimum atomic E-state index is 0.149. The number of carbonyl (C=O) groups is 1. The number of ketones is 1. The Bertz CT molecular complexity index is 1130. The molecular formula is C21H20N4O. The number of hydrogen-bond acceptors (Lipinski definition) is 4. The standard InChI is InChI=1S/C21H20N4O/c1-4-18(26)14-9-11-15(12-10-14)22-20-16-7-5-6-8-17(16)23-21-19(20)13(2)24-25(21)3/h5-12H,4H2,1-3H3,(H,22,23). The van der Waals surface area contributed by atoms with Crippen LogP contribution in [0, 0.1) is 6.92 Å². The zero-order chi connectivity index (χ0) is 18.3. The van der Waals surface area contributed by atoms with E-state index in [9.17, 15) is 4.79 Å². The molecule has 0 aliphatic heterocycles. The highest BCUT2D eigenvalue weighted by molar-refractivity contribution is 6.09. The number of hydrogen-bond donors (Lipinski definition) is 1. The van der Waals surface area contributed by atoms with Crippen LogP contribution in [-0.2, 0) is 7.05 Å². The Balaban J connectivity index is 1.87. The van der Waals surface area contributed by atoms with Crippen molar-refractivity contribution < 1.29 is 4.79 Å². The normalized spacial score (nSPS) is 11.2. The number of anilines is 2. The summed E-state index contributed by atoms with van der Waals surface area (Å²) in [5.74, 6) is 0.149. The number of pyridine rings is 1. The highest BCUT2D eigenvalue weighted by atomic mass is 16.1. The number of rotatable bonds is 4. The van der Waals surface area contributed by atoms with Crippen molar-refractivity contribution in [2.24, 2.45) is 7.05 Å². The Labute approximate surface area is 151 Å². The average Bonchev–Trinajstić information content (AvgIpc) is 2.95. The number of Topliss-reactive ketones (excluding diaryl/α,β-unsaturated/α-hetero) is 1. The van der Waals surface area contributed by atoms with Crippen LogP contribution in [0.25, 0.3) is 21.9 Å². The van der Waals surface area contributed by atoms with E-state index in [0.29, 0.717) is 6.42 Å². The van der Waals surface area contributed by atoms with Crippen molar-refractivity contribution in [1.29, 1.82) is 0 Å². The van der Waals surface area contributed by atoms with E-state index in [1.54, 1.807) is 0 Å². The molecular weight excluding hydrogens is 324 g/mol. The van der Waals surface area contributed by atoms with Crippen molar-refractivity contribution in [3.8, 4) is 0 Å².